The zero-order valence-corrected chi connectivity index (χ0v) is 14.0. The van der Waals surface area contributed by atoms with E-state index in [0.29, 0.717) is 6.54 Å². The fourth-order valence-corrected chi connectivity index (χ4v) is 3.14. The first-order valence-corrected chi connectivity index (χ1v) is 8.64. The largest absolute Gasteiger partial charge is 0.356 e. The van der Waals surface area contributed by atoms with Gasteiger partial charge in [-0.15, -0.1) is 10.2 Å². The van der Waals surface area contributed by atoms with Crippen molar-refractivity contribution in [1.82, 2.24) is 25.4 Å². The van der Waals surface area contributed by atoms with E-state index in [4.69, 9.17) is 0 Å². The second-order valence-corrected chi connectivity index (χ2v) is 6.03. The Balaban J connectivity index is 1.62. The maximum absolute atomic E-state index is 4.26. The smallest absolute Gasteiger partial charge is 0.191 e. The molecule has 0 amide bonds. The lowest BCUT2D eigenvalue weighted by Crippen LogP contribution is -2.38. The van der Waals surface area contributed by atoms with Crippen LogP contribution in [0, 0.1) is 5.92 Å². The molecule has 0 radical (unpaired) electrons. The summed E-state index contributed by atoms with van der Waals surface area (Å²) in [6.07, 6.45) is 11.5. The second-order valence-electron chi connectivity index (χ2n) is 6.03. The molecule has 6 nitrogen and oxygen atoms in total. The molecule has 0 spiro atoms. The molecular weight excluding hydrogens is 276 g/mol. The van der Waals surface area contributed by atoms with E-state index in [-0.39, 0.29) is 0 Å². The molecule has 1 heterocycles. The first-order chi connectivity index (χ1) is 10.8. The van der Waals surface area contributed by atoms with Gasteiger partial charge in [0, 0.05) is 20.1 Å². The van der Waals surface area contributed by atoms with E-state index in [1.54, 1.807) is 13.4 Å². The third-order valence-electron chi connectivity index (χ3n) is 4.48. The van der Waals surface area contributed by atoms with Gasteiger partial charge in [-0.05, 0) is 25.7 Å². The Morgan fingerprint density at radius 1 is 1.32 bits per heavy atom. The number of nitrogens with zero attached hydrogens (tertiary/aromatic N) is 4. The molecule has 0 aliphatic heterocycles. The summed E-state index contributed by atoms with van der Waals surface area (Å²) in [5.41, 5.74) is 0. The zero-order chi connectivity index (χ0) is 15.6. The van der Waals surface area contributed by atoms with Gasteiger partial charge in [0.15, 0.2) is 11.8 Å². The number of aryl methyl sites for hydroxylation is 1. The Hall–Kier alpha value is -1.59. The minimum absolute atomic E-state index is 0.649. The van der Waals surface area contributed by atoms with Gasteiger partial charge in [0.1, 0.15) is 6.33 Å². The van der Waals surface area contributed by atoms with Crippen LogP contribution in [0.2, 0.25) is 0 Å². The zero-order valence-electron chi connectivity index (χ0n) is 14.0. The first-order valence-electron chi connectivity index (χ1n) is 8.64. The second kappa shape index (κ2) is 9.43. The average molecular weight is 306 g/mol. The maximum Gasteiger partial charge on any atom is 0.191 e. The summed E-state index contributed by atoms with van der Waals surface area (Å²) in [6.45, 7) is 4.61. The van der Waals surface area contributed by atoms with Crippen molar-refractivity contribution in [3.05, 3.63) is 12.2 Å². The highest BCUT2D eigenvalue weighted by atomic mass is 15.3. The van der Waals surface area contributed by atoms with Crippen LogP contribution in [0.5, 0.6) is 0 Å². The number of aliphatic imine (C=N–C) groups is 1. The van der Waals surface area contributed by atoms with Gasteiger partial charge in [0.2, 0.25) is 0 Å². The topological polar surface area (TPSA) is 67.1 Å². The molecule has 1 saturated carbocycles. The van der Waals surface area contributed by atoms with Crippen LogP contribution < -0.4 is 10.6 Å². The summed E-state index contributed by atoms with van der Waals surface area (Å²) in [6, 6.07) is 0. The highest BCUT2D eigenvalue weighted by molar-refractivity contribution is 5.79. The SMILES string of the molecule is CCn1cnnc1CNC(=NC)NCCCC1CCCCC1. The molecule has 22 heavy (non-hydrogen) atoms. The molecule has 0 atom stereocenters. The molecule has 2 rings (SSSR count). The van der Waals surface area contributed by atoms with Crippen LogP contribution in [0.4, 0.5) is 0 Å². The van der Waals surface area contributed by atoms with E-state index in [9.17, 15) is 0 Å². The van der Waals surface area contributed by atoms with Crippen molar-refractivity contribution in [3.8, 4) is 0 Å². The fraction of sp³-hybridized carbons (Fsp3) is 0.812. The Morgan fingerprint density at radius 2 is 2.14 bits per heavy atom. The highest BCUT2D eigenvalue weighted by Crippen LogP contribution is 2.26. The maximum atomic E-state index is 4.26. The number of aromatic nitrogens is 3. The molecule has 124 valence electrons. The van der Waals surface area contributed by atoms with Crippen molar-refractivity contribution in [3.63, 3.8) is 0 Å². The Bertz CT molecular complexity index is 447. The Morgan fingerprint density at radius 3 is 2.86 bits per heavy atom. The van der Waals surface area contributed by atoms with Gasteiger partial charge >= 0.3 is 0 Å². The van der Waals surface area contributed by atoms with Crippen LogP contribution >= 0.6 is 0 Å². The van der Waals surface area contributed by atoms with Crippen molar-refractivity contribution >= 4 is 5.96 Å². The van der Waals surface area contributed by atoms with E-state index < -0.39 is 0 Å². The van der Waals surface area contributed by atoms with Gasteiger partial charge < -0.3 is 15.2 Å². The van der Waals surface area contributed by atoms with Crippen LogP contribution in [0.1, 0.15) is 57.7 Å². The molecule has 0 bridgehead atoms. The molecule has 6 heteroatoms. The predicted molar refractivity (Wildman–Crippen MR) is 89.7 cm³/mol. The number of rotatable bonds is 7. The van der Waals surface area contributed by atoms with Crippen LogP contribution in [0.25, 0.3) is 0 Å². The summed E-state index contributed by atoms with van der Waals surface area (Å²) < 4.78 is 2.03. The van der Waals surface area contributed by atoms with Gasteiger partial charge in [0.25, 0.3) is 0 Å². The molecule has 1 fully saturated rings. The quantitative estimate of drug-likeness (QED) is 0.461. The molecule has 0 unspecified atom stereocenters. The van der Waals surface area contributed by atoms with Crippen LogP contribution in [0.15, 0.2) is 11.3 Å². The minimum Gasteiger partial charge on any atom is -0.356 e. The Labute approximate surface area is 133 Å². The number of hydrogen-bond acceptors (Lipinski definition) is 3. The van der Waals surface area contributed by atoms with Crippen molar-refractivity contribution in [2.45, 2.75) is 65.0 Å². The monoisotopic (exact) mass is 306 g/mol. The van der Waals surface area contributed by atoms with Gasteiger partial charge in [0.05, 0.1) is 6.54 Å². The van der Waals surface area contributed by atoms with E-state index in [1.807, 2.05) is 4.57 Å². The van der Waals surface area contributed by atoms with Gasteiger partial charge in [-0.25, -0.2) is 0 Å². The van der Waals surface area contributed by atoms with Gasteiger partial charge in [-0.2, -0.15) is 0 Å². The summed E-state index contributed by atoms with van der Waals surface area (Å²) in [5.74, 6) is 2.73. The van der Waals surface area contributed by atoms with Crippen molar-refractivity contribution in [1.29, 1.82) is 0 Å². The standard InChI is InChI=1S/C16H30N6/c1-3-22-13-20-21-15(22)12-19-16(17-2)18-11-7-10-14-8-5-4-6-9-14/h13-14H,3-12H2,1-2H3,(H2,17,18,19). The van der Waals surface area contributed by atoms with Crippen LogP contribution in [-0.2, 0) is 13.1 Å². The fourth-order valence-electron chi connectivity index (χ4n) is 3.14. The number of guanidine groups is 1. The molecule has 0 aromatic carbocycles. The lowest BCUT2D eigenvalue weighted by molar-refractivity contribution is 0.332. The summed E-state index contributed by atoms with van der Waals surface area (Å²) in [4.78, 5) is 4.26. The number of hydrogen-bond donors (Lipinski definition) is 2. The molecule has 1 aliphatic carbocycles. The molecule has 0 saturated heterocycles. The third-order valence-corrected chi connectivity index (χ3v) is 4.48. The molecule has 1 aromatic rings. The minimum atomic E-state index is 0.649. The van der Waals surface area contributed by atoms with E-state index in [1.165, 1.54) is 44.9 Å². The molecule has 1 aromatic heterocycles. The van der Waals surface area contributed by atoms with Crippen molar-refractivity contribution in [2.24, 2.45) is 10.9 Å². The van der Waals surface area contributed by atoms with E-state index >= 15 is 0 Å². The first kappa shape index (κ1) is 16.8. The van der Waals surface area contributed by atoms with Crippen molar-refractivity contribution in [2.75, 3.05) is 13.6 Å². The normalized spacial score (nSPS) is 16.7. The summed E-state index contributed by atoms with van der Waals surface area (Å²) in [7, 11) is 1.81. The number of nitrogens with one attached hydrogen (secondary N) is 2. The summed E-state index contributed by atoms with van der Waals surface area (Å²) >= 11 is 0. The van der Waals surface area contributed by atoms with Gasteiger partial charge in [-0.3, -0.25) is 4.99 Å². The predicted octanol–water partition coefficient (Wildman–Crippen LogP) is 2.32. The highest BCUT2D eigenvalue weighted by Gasteiger charge is 2.12. The molecule has 2 N–H and O–H groups in total. The lowest BCUT2D eigenvalue weighted by atomic mass is 9.86. The molecular formula is C16H30N6. The van der Waals surface area contributed by atoms with Crippen molar-refractivity contribution < 1.29 is 0 Å². The summed E-state index contributed by atoms with van der Waals surface area (Å²) in [5, 5.41) is 14.7. The van der Waals surface area contributed by atoms with Gasteiger partial charge in [-0.1, -0.05) is 32.1 Å². The Kier molecular flexibility index (Phi) is 7.19. The third kappa shape index (κ3) is 5.31. The lowest BCUT2D eigenvalue weighted by Gasteiger charge is -2.21. The van der Waals surface area contributed by atoms with Crippen LogP contribution in [-0.4, -0.2) is 34.3 Å². The van der Waals surface area contributed by atoms with E-state index in [2.05, 4.69) is 32.7 Å². The average Bonchev–Trinajstić information content (AvgIpc) is 3.02. The van der Waals surface area contributed by atoms with Crippen LogP contribution in [0.3, 0.4) is 0 Å². The molecule has 1 aliphatic rings. The van der Waals surface area contributed by atoms with E-state index in [0.717, 1.165) is 30.8 Å².